The second-order valence-corrected chi connectivity index (χ2v) is 3.95. The number of aromatic amines is 1. The molecule has 0 aliphatic rings. The lowest BCUT2D eigenvalue weighted by molar-refractivity contribution is -0.127. The van der Waals surface area contributed by atoms with Crippen LogP contribution in [0.4, 0.5) is 0 Å². The molecule has 0 spiro atoms. The minimum absolute atomic E-state index is 0.0632. The molecule has 1 aromatic heterocycles. The number of benzene rings is 1. The summed E-state index contributed by atoms with van der Waals surface area (Å²) in [6.45, 7) is 1.82. The minimum Gasteiger partial charge on any atom is -0.352 e. The van der Waals surface area contributed by atoms with Crippen molar-refractivity contribution in [1.29, 1.82) is 0 Å². The van der Waals surface area contributed by atoms with Crippen molar-refractivity contribution in [3.05, 3.63) is 30.0 Å². The van der Waals surface area contributed by atoms with Crippen LogP contribution in [-0.4, -0.2) is 21.9 Å². The van der Waals surface area contributed by atoms with Gasteiger partial charge in [-0.1, -0.05) is 12.1 Å². The molecule has 2 aromatic rings. The van der Waals surface area contributed by atoms with E-state index in [1.54, 1.807) is 6.20 Å². The zero-order valence-corrected chi connectivity index (χ0v) is 9.49. The van der Waals surface area contributed by atoms with Gasteiger partial charge in [-0.15, -0.1) is 0 Å². The summed E-state index contributed by atoms with van der Waals surface area (Å²) in [7, 11) is 0. The molecule has 0 aliphatic carbocycles. The maximum atomic E-state index is 11.3. The van der Waals surface area contributed by atoms with E-state index in [4.69, 9.17) is 0 Å². The van der Waals surface area contributed by atoms with Gasteiger partial charge in [0.05, 0.1) is 18.1 Å². The van der Waals surface area contributed by atoms with Gasteiger partial charge in [-0.3, -0.25) is 14.7 Å². The number of H-pyrrole nitrogens is 1. The van der Waals surface area contributed by atoms with E-state index in [0.29, 0.717) is 6.54 Å². The Balaban J connectivity index is 1.98. The van der Waals surface area contributed by atoms with E-state index < -0.39 is 0 Å². The van der Waals surface area contributed by atoms with Crippen LogP contribution in [0.25, 0.3) is 10.9 Å². The van der Waals surface area contributed by atoms with Crippen LogP contribution in [0.5, 0.6) is 0 Å². The topological polar surface area (TPSA) is 74.8 Å². The Morgan fingerprint density at radius 3 is 3.00 bits per heavy atom. The molecule has 0 fully saturated rings. The van der Waals surface area contributed by atoms with Crippen molar-refractivity contribution in [3.8, 4) is 0 Å². The van der Waals surface area contributed by atoms with Crippen LogP contribution in [0.1, 0.15) is 18.9 Å². The average molecular weight is 231 g/mol. The number of aromatic nitrogens is 2. The molecule has 1 aromatic carbocycles. The second kappa shape index (κ2) is 4.78. The van der Waals surface area contributed by atoms with Crippen molar-refractivity contribution in [3.63, 3.8) is 0 Å². The highest BCUT2D eigenvalue weighted by Crippen LogP contribution is 2.12. The SMILES string of the molecule is CC(=O)CC(=O)NCc1ccc2cn[nH]c2c1. The molecule has 5 nitrogen and oxygen atoms in total. The lowest BCUT2D eigenvalue weighted by Gasteiger charge is -2.04. The molecular weight excluding hydrogens is 218 g/mol. The summed E-state index contributed by atoms with van der Waals surface area (Å²) < 4.78 is 0. The highest BCUT2D eigenvalue weighted by molar-refractivity contribution is 5.96. The predicted octanol–water partition coefficient (Wildman–Crippen LogP) is 1.16. The van der Waals surface area contributed by atoms with Crippen LogP contribution in [0.3, 0.4) is 0 Å². The van der Waals surface area contributed by atoms with Crippen molar-refractivity contribution >= 4 is 22.6 Å². The third-order valence-electron chi connectivity index (χ3n) is 2.41. The summed E-state index contributed by atoms with van der Waals surface area (Å²) in [5, 5.41) is 10.5. The molecule has 1 heterocycles. The number of nitrogens with one attached hydrogen (secondary N) is 2. The number of hydrogen-bond acceptors (Lipinski definition) is 3. The van der Waals surface area contributed by atoms with E-state index in [1.165, 1.54) is 6.92 Å². The van der Waals surface area contributed by atoms with Crippen LogP contribution >= 0.6 is 0 Å². The molecule has 5 heteroatoms. The molecule has 0 saturated heterocycles. The van der Waals surface area contributed by atoms with Gasteiger partial charge in [-0.2, -0.15) is 5.10 Å². The second-order valence-electron chi connectivity index (χ2n) is 3.95. The first-order valence-corrected chi connectivity index (χ1v) is 5.33. The maximum absolute atomic E-state index is 11.3. The number of carbonyl (C=O) groups excluding carboxylic acids is 2. The van der Waals surface area contributed by atoms with Crippen molar-refractivity contribution < 1.29 is 9.59 Å². The number of rotatable bonds is 4. The zero-order chi connectivity index (χ0) is 12.3. The first kappa shape index (κ1) is 11.3. The van der Waals surface area contributed by atoms with Gasteiger partial charge in [-0.25, -0.2) is 0 Å². The maximum Gasteiger partial charge on any atom is 0.227 e. The number of Topliss-reactive ketones (excluding diaryl/α,β-unsaturated/α-hetero) is 1. The van der Waals surface area contributed by atoms with Gasteiger partial charge < -0.3 is 5.32 Å². The van der Waals surface area contributed by atoms with E-state index in [2.05, 4.69) is 15.5 Å². The van der Waals surface area contributed by atoms with E-state index in [-0.39, 0.29) is 18.1 Å². The first-order valence-electron chi connectivity index (χ1n) is 5.33. The standard InChI is InChI=1S/C12H13N3O2/c1-8(16)4-12(17)13-6-9-2-3-10-7-14-15-11(10)5-9/h2-3,5,7H,4,6H2,1H3,(H,13,17)(H,14,15). The minimum atomic E-state index is -0.248. The molecule has 0 unspecified atom stereocenters. The average Bonchev–Trinajstić information content (AvgIpc) is 2.72. The van der Waals surface area contributed by atoms with Crippen LogP contribution in [0.2, 0.25) is 0 Å². The quantitative estimate of drug-likeness (QED) is 0.775. The summed E-state index contributed by atoms with van der Waals surface area (Å²) in [6.07, 6.45) is 1.68. The monoisotopic (exact) mass is 231 g/mol. The fourth-order valence-corrected chi connectivity index (χ4v) is 1.58. The molecule has 2 rings (SSSR count). The fourth-order valence-electron chi connectivity index (χ4n) is 1.58. The van der Waals surface area contributed by atoms with Crippen molar-refractivity contribution in [1.82, 2.24) is 15.5 Å². The smallest absolute Gasteiger partial charge is 0.227 e. The number of hydrogen-bond donors (Lipinski definition) is 2. The van der Waals surface area contributed by atoms with Crippen molar-refractivity contribution in [2.45, 2.75) is 19.9 Å². The van der Waals surface area contributed by atoms with Crippen LogP contribution in [0, 0.1) is 0 Å². The Hall–Kier alpha value is -2.17. The highest BCUT2D eigenvalue weighted by atomic mass is 16.2. The van der Waals surface area contributed by atoms with Gasteiger partial charge in [0.25, 0.3) is 0 Å². The van der Waals surface area contributed by atoms with Crippen LogP contribution < -0.4 is 5.32 Å². The van der Waals surface area contributed by atoms with E-state index >= 15 is 0 Å². The molecule has 0 bridgehead atoms. The summed E-state index contributed by atoms with van der Waals surface area (Å²) in [6, 6.07) is 5.79. The molecule has 0 saturated carbocycles. The lowest BCUT2D eigenvalue weighted by Crippen LogP contribution is -2.24. The van der Waals surface area contributed by atoms with Crippen LogP contribution in [-0.2, 0) is 16.1 Å². The molecule has 0 aliphatic heterocycles. The third-order valence-corrected chi connectivity index (χ3v) is 2.41. The number of nitrogens with zero attached hydrogens (tertiary/aromatic N) is 1. The zero-order valence-electron chi connectivity index (χ0n) is 9.49. The van der Waals surface area contributed by atoms with Gasteiger partial charge in [-0.05, 0) is 18.6 Å². The van der Waals surface area contributed by atoms with Gasteiger partial charge >= 0.3 is 0 Å². The summed E-state index contributed by atoms with van der Waals surface area (Å²) in [5.41, 5.74) is 1.90. The molecule has 17 heavy (non-hydrogen) atoms. The van der Waals surface area contributed by atoms with Gasteiger partial charge in [0.1, 0.15) is 5.78 Å². The van der Waals surface area contributed by atoms with Crippen LogP contribution in [0.15, 0.2) is 24.4 Å². The number of carbonyl (C=O) groups is 2. The summed E-state index contributed by atoms with van der Waals surface area (Å²) in [5.74, 6) is -0.381. The molecule has 1 amide bonds. The fraction of sp³-hybridized carbons (Fsp3) is 0.250. The Morgan fingerprint density at radius 1 is 1.41 bits per heavy atom. The summed E-state index contributed by atoms with van der Waals surface area (Å²) >= 11 is 0. The van der Waals surface area contributed by atoms with Gasteiger partial charge in [0.2, 0.25) is 5.91 Å². The molecule has 2 N–H and O–H groups in total. The Morgan fingerprint density at radius 2 is 2.24 bits per heavy atom. The van der Waals surface area contributed by atoms with E-state index in [0.717, 1.165) is 16.5 Å². The predicted molar refractivity (Wildman–Crippen MR) is 63.2 cm³/mol. The van der Waals surface area contributed by atoms with Gasteiger partial charge in [0, 0.05) is 11.9 Å². The highest BCUT2D eigenvalue weighted by Gasteiger charge is 2.05. The summed E-state index contributed by atoms with van der Waals surface area (Å²) in [4.78, 5) is 22.0. The molecule has 88 valence electrons. The number of fused-ring (bicyclic) bond motifs is 1. The third kappa shape index (κ3) is 2.90. The largest absolute Gasteiger partial charge is 0.352 e. The molecule has 0 radical (unpaired) electrons. The Labute approximate surface area is 98.2 Å². The Kier molecular flexibility index (Phi) is 3.18. The molecular formula is C12H13N3O2. The number of ketones is 1. The van der Waals surface area contributed by atoms with E-state index in [1.807, 2.05) is 18.2 Å². The lowest BCUT2D eigenvalue weighted by atomic mass is 10.1. The van der Waals surface area contributed by atoms with Crippen molar-refractivity contribution in [2.75, 3.05) is 0 Å². The molecule has 0 atom stereocenters. The Bertz CT molecular complexity index is 560. The van der Waals surface area contributed by atoms with Crippen molar-refractivity contribution in [2.24, 2.45) is 0 Å². The number of amides is 1. The first-order chi connectivity index (χ1) is 8.15. The van der Waals surface area contributed by atoms with E-state index in [9.17, 15) is 9.59 Å². The normalized spacial score (nSPS) is 10.4. The van der Waals surface area contributed by atoms with Gasteiger partial charge in [0.15, 0.2) is 0 Å².